The van der Waals surface area contributed by atoms with Gasteiger partial charge in [0.2, 0.25) is 6.23 Å². The van der Waals surface area contributed by atoms with Gasteiger partial charge < -0.3 is 4.74 Å². The molecule has 2 bridgehead atoms. The number of nitrogens with zero attached hydrogens (tertiary/aromatic N) is 2. The lowest BCUT2D eigenvalue weighted by atomic mass is 9.84. The van der Waals surface area contributed by atoms with E-state index in [1.165, 1.54) is 24.0 Å². The molecular formula is C31H37N2O2+. The number of para-hydroxylation sites is 1. The monoisotopic (exact) mass is 469 g/mol. The number of hydrogen-bond donors (Lipinski definition) is 0. The molecule has 0 aliphatic carbocycles. The van der Waals surface area contributed by atoms with Crippen molar-refractivity contribution in [3.8, 4) is 0 Å². The Morgan fingerprint density at radius 3 is 2.00 bits per heavy atom. The number of carbonyl (C=O) groups is 1. The summed E-state index contributed by atoms with van der Waals surface area (Å²) in [4.78, 5) is 15.5. The first-order chi connectivity index (χ1) is 17.2. The molecule has 0 saturated carbocycles. The number of anilines is 1. The molecule has 0 N–H and O–H groups in total. The zero-order valence-electron chi connectivity index (χ0n) is 20.6. The number of fused-ring (bicyclic) bond motifs is 3. The number of benzene rings is 3. The van der Waals surface area contributed by atoms with E-state index in [1.54, 1.807) is 0 Å². The largest absolute Gasteiger partial charge is 0.418 e. The summed E-state index contributed by atoms with van der Waals surface area (Å²) in [6.45, 7) is 3.95. The molecule has 3 aliphatic rings. The molecule has 1 atom stereocenters. The Balaban J connectivity index is 1.28. The van der Waals surface area contributed by atoms with Gasteiger partial charge in [0.05, 0.1) is 19.6 Å². The van der Waals surface area contributed by atoms with Crippen LogP contribution in [0.4, 0.5) is 10.5 Å². The molecule has 3 aromatic carbocycles. The topological polar surface area (TPSA) is 29.5 Å². The summed E-state index contributed by atoms with van der Waals surface area (Å²) in [5.74, 6) is 0.691. The standard InChI is InChI=1S/C31H37N2O2/c34-31(32(29-16-8-3-9-17-29)21-18-27-13-6-2-7-14-27)35-30-25-28-19-23-33(30,24-20-28)22-10-15-26-11-4-1-5-12-26/h1-9,11-14,16-17,28,30H,10,15,18-25H2/q+1. The van der Waals surface area contributed by atoms with Crippen molar-refractivity contribution in [2.45, 2.75) is 44.8 Å². The first-order valence-electron chi connectivity index (χ1n) is 13.2. The fraction of sp³-hybridized carbons (Fsp3) is 0.387. The lowest BCUT2D eigenvalue weighted by Gasteiger charge is -2.53. The molecule has 3 saturated heterocycles. The highest BCUT2D eigenvalue weighted by atomic mass is 16.6. The zero-order chi connectivity index (χ0) is 23.9. The normalized spacial score (nSPS) is 23.1. The van der Waals surface area contributed by atoms with Gasteiger partial charge in [-0.05, 0) is 42.0 Å². The molecule has 3 aliphatic heterocycles. The van der Waals surface area contributed by atoms with Crippen LogP contribution in [0.5, 0.6) is 0 Å². The molecule has 3 aromatic rings. The van der Waals surface area contributed by atoms with Crippen LogP contribution in [0.1, 0.15) is 36.8 Å². The molecule has 3 fully saturated rings. The summed E-state index contributed by atoms with van der Waals surface area (Å²) in [7, 11) is 0. The van der Waals surface area contributed by atoms with Crippen LogP contribution in [0.15, 0.2) is 91.0 Å². The highest BCUT2D eigenvalue weighted by Gasteiger charge is 2.49. The molecule has 35 heavy (non-hydrogen) atoms. The fourth-order valence-corrected chi connectivity index (χ4v) is 5.94. The quantitative estimate of drug-likeness (QED) is 0.337. The molecule has 0 aromatic heterocycles. The van der Waals surface area contributed by atoms with Crippen LogP contribution >= 0.6 is 0 Å². The maximum atomic E-state index is 13.6. The smallest absolute Gasteiger partial charge is 0.396 e. The molecule has 182 valence electrons. The Bertz CT molecular complexity index is 1060. The van der Waals surface area contributed by atoms with E-state index in [0.717, 1.165) is 55.5 Å². The Kier molecular flexibility index (Phi) is 7.48. The minimum atomic E-state index is -0.203. The molecule has 0 radical (unpaired) electrons. The lowest BCUT2D eigenvalue weighted by molar-refractivity contribution is -0.984. The van der Waals surface area contributed by atoms with E-state index in [2.05, 4.69) is 54.6 Å². The van der Waals surface area contributed by atoms with Crippen molar-refractivity contribution >= 4 is 11.8 Å². The number of piperidine rings is 3. The molecule has 1 amide bonds. The van der Waals surface area contributed by atoms with Gasteiger partial charge in [-0.15, -0.1) is 0 Å². The highest BCUT2D eigenvalue weighted by molar-refractivity contribution is 5.87. The second kappa shape index (κ2) is 11.1. The van der Waals surface area contributed by atoms with E-state index in [4.69, 9.17) is 4.74 Å². The van der Waals surface area contributed by atoms with Gasteiger partial charge in [-0.2, -0.15) is 0 Å². The number of ether oxygens (including phenoxy) is 1. The summed E-state index contributed by atoms with van der Waals surface area (Å²) in [6.07, 6.45) is 6.29. The van der Waals surface area contributed by atoms with Crippen LogP contribution in [0, 0.1) is 5.92 Å². The average Bonchev–Trinajstić information content (AvgIpc) is 2.91. The Morgan fingerprint density at radius 1 is 0.800 bits per heavy atom. The third kappa shape index (κ3) is 5.76. The zero-order valence-corrected chi connectivity index (χ0v) is 20.6. The van der Waals surface area contributed by atoms with E-state index in [0.29, 0.717) is 12.5 Å². The Labute approximate surface area is 209 Å². The maximum Gasteiger partial charge on any atom is 0.418 e. The van der Waals surface area contributed by atoms with Crippen LogP contribution in [-0.2, 0) is 17.6 Å². The summed E-state index contributed by atoms with van der Waals surface area (Å²) >= 11 is 0. The number of rotatable bonds is 9. The van der Waals surface area contributed by atoms with Gasteiger partial charge in [-0.1, -0.05) is 78.9 Å². The van der Waals surface area contributed by atoms with Gasteiger partial charge in [0.1, 0.15) is 0 Å². The van der Waals surface area contributed by atoms with Crippen molar-refractivity contribution in [1.82, 2.24) is 0 Å². The predicted molar refractivity (Wildman–Crippen MR) is 141 cm³/mol. The van der Waals surface area contributed by atoms with Crippen molar-refractivity contribution in [1.29, 1.82) is 0 Å². The van der Waals surface area contributed by atoms with E-state index >= 15 is 0 Å². The van der Waals surface area contributed by atoms with E-state index in [9.17, 15) is 4.79 Å². The summed E-state index contributed by atoms with van der Waals surface area (Å²) in [6, 6.07) is 31.1. The number of quaternary nitrogens is 1. The lowest BCUT2D eigenvalue weighted by Crippen LogP contribution is -2.66. The van der Waals surface area contributed by atoms with Crippen molar-refractivity contribution < 1.29 is 14.0 Å². The predicted octanol–water partition coefficient (Wildman–Crippen LogP) is 6.46. The van der Waals surface area contributed by atoms with Crippen LogP contribution in [-0.4, -0.2) is 43.0 Å². The number of carbonyl (C=O) groups excluding carboxylic acids is 1. The van der Waals surface area contributed by atoms with Crippen LogP contribution in [0.2, 0.25) is 0 Å². The van der Waals surface area contributed by atoms with Crippen molar-refractivity contribution in [3.05, 3.63) is 102 Å². The van der Waals surface area contributed by atoms with Gasteiger partial charge in [0.15, 0.2) is 0 Å². The third-order valence-corrected chi connectivity index (χ3v) is 8.01. The average molecular weight is 470 g/mol. The molecule has 4 nitrogen and oxygen atoms in total. The highest BCUT2D eigenvalue weighted by Crippen LogP contribution is 2.39. The minimum Gasteiger partial charge on any atom is -0.396 e. The summed E-state index contributed by atoms with van der Waals surface area (Å²) < 4.78 is 7.34. The molecule has 6 rings (SSSR count). The van der Waals surface area contributed by atoms with E-state index < -0.39 is 0 Å². The minimum absolute atomic E-state index is 0.0336. The molecule has 1 unspecified atom stereocenters. The Morgan fingerprint density at radius 2 is 1.37 bits per heavy atom. The second-order valence-corrected chi connectivity index (χ2v) is 10.2. The van der Waals surface area contributed by atoms with Gasteiger partial charge in [0, 0.05) is 37.9 Å². The SMILES string of the molecule is O=C(OC1CC2CC[N+]1(CCCc1ccccc1)CC2)N(CCc1ccccc1)c1ccccc1. The van der Waals surface area contributed by atoms with Gasteiger partial charge in [-0.3, -0.25) is 9.38 Å². The first kappa shape index (κ1) is 23.6. The number of aryl methyl sites for hydroxylation is 1. The molecule has 0 spiro atoms. The van der Waals surface area contributed by atoms with Crippen LogP contribution < -0.4 is 4.90 Å². The van der Waals surface area contributed by atoms with Crippen LogP contribution in [0.25, 0.3) is 0 Å². The Hall–Kier alpha value is -3.11. The van der Waals surface area contributed by atoms with Gasteiger partial charge >= 0.3 is 6.09 Å². The van der Waals surface area contributed by atoms with Gasteiger partial charge in [-0.25, -0.2) is 4.79 Å². The summed E-state index contributed by atoms with van der Waals surface area (Å²) in [5, 5.41) is 0. The first-order valence-corrected chi connectivity index (χ1v) is 13.2. The fourth-order valence-electron chi connectivity index (χ4n) is 5.94. The third-order valence-electron chi connectivity index (χ3n) is 8.01. The summed E-state index contributed by atoms with van der Waals surface area (Å²) in [5.41, 5.74) is 3.52. The van der Waals surface area contributed by atoms with Crippen molar-refractivity contribution in [2.75, 3.05) is 31.1 Å². The number of amides is 1. The molecule has 3 heterocycles. The van der Waals surface area contributed by atoms with Crippen molar-refractivity contribution in [2.24, 2.45) is 5.92 Å². The van der Waals surface area contributed by atoms with E-state index in [-0.39, 0.29) is 12.3 Å². The molecule has 4 heteroatoms. The van der Waals surface area contributed by atoms with Crippen molar-refractivity contribution in [3.63, 3.8) is 0 Å². The van der Waals surface area contributed by atoms with E-state index in [1.807, 2.05) is 41.3 Å². The number of hydrogen-bond acceptors (Lipinski definition) is 2. The second-order valence-electron chi connectivity index (χ2n) is 10.2. The maximum absolute atomic E-state index is 13.6. The van der Waals surface area contributed by atoms with Gasteiger partial charge in [0.25, 0.3) is 0 Å². The van der Waals surface area contributed by atoms with Crippen LogP contribution in [0.3, 0.4) is 0 Å². The molecular weight excluding hydrogens is 432 g/mol.